The number of rotatable bonds is 6. The fourth-order valence-electron chi connectivity index (χ4n) is 1.47. The van der Waals surface area contributed by atoms with E-state index in [-0.39, 0.29) is 6.54 Å². The second-order valence-corrected chi connectivity index (χ2v) is 4.19. The summed E-state index contributed by atoms with van der Waals surface area (Å²) in [7, 11) is 0. The standard InChI is InChI=1S/C12H16N4O4/c1-7-2-3-14-5-8(7)6-15-12(20)16-9(11(18)19)4-10(13)17/h2-3,5,9H,4,6H2,1H3,(H2,13,17)(H,18,19)(H2,15,16,20)/t9-/m0/s1. The van der Waals surface area contributed by atoms with Gasteiger partial charge in [-0.3, -0.25) is 9.78 Å². The molecule has 1 heterocycles. The predicted molar refractivity (Wildman–Crippen MR) is 69.6 cm³/mol. The molecule has 0 fully saturated rings. The Bertz CT molecular complexity index is 518. The van der Waals surface area contributed by atoms with Crippen LogP contribution in [-0.2, 0) is 16.1 Å². The van der Waals surface area contributed by atoms with E-state index in [4.69, 9.17) is 10.8 Å². The Morgan fingerprint density at radius 2 is 2.15 bits per heavy atom. The molecule has 8 nitrogen and oxygen atoms in total. The minimum absolute atomic E-state index is 0.203. The number of nitrogens with zero attached hydrogens (tertiary/aromatic N) is 1. The third-order valence-corrected chi connectivity index (χ3v) is 2.60. The summed E-state index contributed by atoms with van der Waals surface area (Å²) in [5.41, 5.74) is 6.67. The maximum Gasteiger partial charge on any atom is 0.326 e. The van der Waals surface area contributed by atoms with E-state index in [1.54, 1.807) is 18.5 Å². The van der Waals surface area contributed by atoms with Crippen LogP contribution in [0, 0.1) is 6.92 Å². The fraction of sp³-hybridized carbons (Fsp3) is 0.333. The first-order valence-electron chi connectivity index (χ1n) is 5.85. The lowest BCUT2D eigenvalue weighted by atomic mass is 10.1. The highest BCUT2D eigenvalue weighted by Crippen LogP contribution is 2.03. The molecule has 0 aliphatic rings. The normalized spacial score (nSPS) is 11.4. The number of urea groups is 1. The molecular weight excluding hydrogens is 264 g/mol. The molecule has 3 amide bonds. The molecule has 5 N–H and O–H groups in total. The van der Waals surface area contributed by atoms with Crippen LogP contribution in [0.1, 0.15) is 17.5 Å². The Morgan fingerprint density at radius 3 is 2.70 bits per heavy atom. The number of nitrogens with two attached hydrogens (primary N) is 1. The number of pyridine rings is 1. The van der Waals surface area contributed by atoms with Gasteiger partial charge in [-0.15, -0.1) is 0 Å². The minimum atomic E-state index is -1.34. The van der Waals surface area contributed by atoms with Crippen molar-refractivity contribution in [3.63, 3.8) is 0 Å². The van der Waals surface area contributed by atoms with E-state index >= 15 is 0 Å². The van der Waals surface area contributed by atoms with E-state index in [9.17, 15) is 14.4 Å². The van der Waals surface area contributed by atoms with Crippen LogP contribution in [0.5, 0.6) is 0 Å². The molecular formula is C12H16N4O4. The molecule has 0 aliphatic heterocycles. The number of aromatic nitrogens is 1. The number of carboxylic acids is 1. The van der Waals surface area contributed by atoms with Gasteiger partial charge in [-0.05, 0) is 24.1 Å². The van der Waals surface area contributed by atoms with E-state index in [1.165, 1.54) is 0 Å². The lowest BCUT2D eigenvalue weighted by Crippen LogP contribution is -2.47. The molecule has 1 rings (SSSR count). The number of carbonyl (C=O) groups excluding carboxylic acids is 2. The minimum Gasteiger partial charge on any atom is -0.480 e. The Hall–Kier alpha value is -2.64. The Kier molecular flexibility index (Phi) is 5.45. The molecule has 0 bridgehead atoms. The van der Waals surface area contributed by atoms with Crippen molar-refractivity contribution >= 4 is 17.9 Å². The first-order valence-corrected chi connectivity index (χ1v) is 5.85. The van der Waals surface area contributed by atoms with Crippen molar-refractivity contribution in [1.29, 1.82) is 0 Å². The van der Waals surface area contributed by atoms with Gasteiger partial charge < -0.3 is 21.5 Å². The van der Waals surface area contributed by atoms with Crippen LogP contribution in [0.3, 0.4) is 0 Å². The van der Waals surface area contributed by atoms with E-state index in [2.05, 4.69) is 15.6 Å². The molecule has 0 aliphatic carbocycles. The maximum absolute atomic E-state index is 11.6. The maximum atomic E-state index is 11.6. The van der Waals surface area contributed by atoms with Gasteiger partial charge in [0.05, 0.1) is 6.42 Å². The zero-order chi connectivity index (χ0) is 15.1. The van der Waals surface area contributed by atoms with Gasteiger partial charge in [0.2, 0.25) is 5.91 Å². The van der Waals surface area contributed by atoms with Gasteiger partial charge >= 0.3 is 12.0 Å². The number of hydrogen-bond acceptors (Lipinski definition) is 4. The van der Waals surface area contributed by atoms with Crippen LogP contribution in [0.15, 0.2) is 18.5 Å². The van der Waals surface area contributed by atoms with Gasteiger partial charge in [0.15, 0.2) is 0 Å². The van der Waals surface area contributed by atoms with Crippen molar-refractivity contribution in [2.75, 3.05) is 0 Å². The summed E-state index contributed by atoms with van der Waals surface area (Å²) in [6, 6.07) is -0.244. The molecule has 0 radical (unpaired) electrons. The molecule has 8 heteroatoms. The highest BCUT2D eigenvalue weighted by Gasteiger charge is 2.21. The number of amides is 3. The summed E-state index contributed by atoms with van der Waals surface area (Å²) in [6.07, 6.45) is 2.77. The highest BCUT2D eigenvalue weighted by atomic mass is 16.4. The van der Waals surface area contributed by atoms with Gasteiger partial charge in [0.25, 0.3) is 0 Å². The Labute approximate surface area is 115 Å². The summed E-state index contributed by atoms with van der Waals surface area (Å²) in [5, 5.41) is 13.5. The van der Waals surface area contributed by atoms with Crippen LogP contribution < -0.4 is 16.4 Å². The Balaban J connectivity index is 2.52. The summed E-state index contributed by atoms with van der Waals surface area (Å²) in [4.78, 5) is 37.0. The second kappa shape index (κ2) is 7.07. The van der Waals surface area contributed by atoms with Gasteiger partial charge in [-0.1, -0.05) is 0 Å². The number of aryl methyl sites for hydroxylation is 1. The Morgan fingerprint density at radius 1 is 1.45 bits per heavy atom. The van der Waals surface area contributed by atoms with E-state index in [1.807, 2.05) is 6.92 Å². The molecule has 1 aromatic heterocycles. The molecule has 20 heavy (non-hydrogen) atoms. The van der Waals surface area contributed by atoms with Crippen LogP contribution in [0.4, 0.5) is 4.79 Å². The fourth-order valence-corrected chi connectivity index (χ4v) is 1.47. The number of carbonyl (C=O) groups is 3. The van der Waals surface area contributed by atoms with E-state index in [0.29, 0.717) is 0 Å². The first-order chi connectivity index (χ1) is 9.40. The average Bonchev–Trinajstić information content (AvgIpc) is 2.36. The van der Waals surface area contributed by atoms with E-state index < -0.39 is 30.4 Å². The summed E-state index contributed by atoms with van der Waals surface area (Å²) >= 11 is 0. The van der Waals surface area contributed by atoms with Gasteiger partial charge in [-0.2, -0.15) is 0 Å². The summed E-state index contributed by atoms with van der Waals surface area (Å²) in [6.45, 7) is 2.07. The van der Waals surface area contributed by atoms with Gasteiger partial charge in [0, 0.05) is 18.9 Å². The smallest absolute Gasteiger partial charge is 0.326 e. The highest BCUT2D eigenvalue weighted by molar-refractivity contribution is 5.87. The van der Waals surface area contributed by atoms with Crippen LogP contribution in [0.25, 0.3) is 0 Å². The number of carboxylic acid groups (broad SMARTS) is 1. The molecule has 1 aromatic rings. The van der Waals surface area contributed by atoms with Crippen molar-refractivity contribution < 1.29 is 19.5 Å². The van der Waals surface area contributed by atoms with Gasteiger partial charge in [0.1, 0.15) is 6.04 Å². The van der Waals surface area contributed by atoms with Crippen LogP contribution in [0.2, 0.25) is 0 Å². The second-order valence-electron chi connectivity index (χ2n) is 4.19. The quantitative estimate of drug-likeness (QED) is 0.558. The molecule has 0 saturated carbocycles. The number of nitrogens with one attached hydrogen (secondary N) is 2. The number of hydrogen-bond donors (Lipinski definition) is 4. The van der Waals surface area contributed by atoms with Crippen molar-refractivity contribution in [3.8, 4) is 0 Å². The lowest BCUT2D eigenvalue weighted by Gasteiger charge is -2.14. The first kappa shape index (κ1) is 15.4. The number of aliphatic carboxylic acids is 1. The zero-order valence-corrected chi connectivity index (χ0v) is 10.9. The van der Waals surface area contributed by atoms with Crippen LogP contribution >= 0.6 is 0 Å². The van der Waals surface area contributed by atoms with Crippen LogP contribution in [-0.4, -0.2) is 34.0 Å². The van der Waals surface area contributed by atoms with Crippen molar-refractivity contribution in [3.05, 3.63) is 29.6 Å². The molecule has 0 spiro atoms. The van der Waals surface area contributed by atoms with E-state index in [0.717, 1.165) is 11.1 Å². The SMILES string of the molecule is Cc1ccncc1CNC(=O)N[C@@H](CC(N)=O)C(=O)O. The van der Waals surface area contributed by atoms with Gasteiger partial charge in [-0.25, -0.2) is 9.59 Å². The summed E-state index contributed by atoms with van der Waals surface area (Å²) < 4.78 is 0. The average molecular weight is 280 g/mol. The topological polar surface area (TPSA) is 134 Å². The monoisotopic (exact) mass is 280 g/mol. The largest absolute Gasteiger partial charge is 0.480 e. The van der Waals surface area contributed by atoms with Crippen molar-refractivity contribution in [1.82, 2.24) is 15.6 Å². The third kappa shape index (κ3) is 4.92. The molecule has 0 aromatic carbocycles. The third-order valence-electron chi connectivity index (χ3n) is 2.60. The zero-order valence-electron chi connectivity index (χ0n) is 10.9. The molecule has 0 saturated heterocycles. The molecule has 0 unspecified atom stereocenters. The lowest BCUT2D eigenvalue weighted by molar-refractivity contribution is -0.140. The number of primary amides is 1. The van der Waals surface area contributed by atoms with Crippen molar-refractivity contribution in [2.45, 2.75) is 25.9 Å². The molecule has 1 atom stereocenters. The van der Waals surface area contributed by atoms with Crippen molar-refractivity contribution in [2.24, 2.45) is 5.73 Å². The summed E-state index contributed by atoms with van der Waals surface area (Å²) in [5.74, 6) is -2.13. The molecule has 108 valence electrons. The predicted octanol–water partition coefficient (Wildman–Crippen LogP) is -0.482.